The van der Waals surface area contributed by atoms with Gasteiger partial charge in [0.05, 0.1) is 0 Å². The minimum Gasteiger partial charge on any atom is -0.399 e. The van der Waals surface area contributed by atoms with E-state index in [0.29, 0.717) is 28.2 Å². The molecule has 3 spiro atoms. The van der Waals surface area contributed by atoms with E-state index in [1.54, 1.807) is 0 Å². The van der Waals surface area contributed by atoms with Crippen molar-refractivity contribution in [3.63, 3.8) is 0 Å². The number of piperidine rings is 1. The second-order valence-corrected chi connectivity index (χ2v) is 12.6. The summed E-state index contributed by atoms with van der Waals surface area (Å²) in [5.41, 5.74) is 13.4. The van der Waals surface area contributed by atoms with Gasteiger partial charge < -0.3 is 5.73 Å². The molecule has 2 aromatic carbocycles. The number of carbonyl (C=O) groups is 1. The van der Waals surface area contributed by atoms with E-state index in [2.05, 4.69) is 30.0 Å². The van der Waals surface area contributed by atoms with Crippen molar-refractivity contribution in [1.82, 2.24) is 4.90 Å². The van der Waals surface area contributed by atoms with Crippen molar-refractivity contribution < 1.29 is 4.79 Å². The van der Waals surface area contributed by atoms with Crippen LogP contribution in [0.3, 0.4) is 0 Å². The van der Waals surface area contributed by atoms with Crippen LogP contribution in [-0.4, -0.2) is 35.1 Å². The lowest BCUT2D eigenvalue weighted by atomic mass is 9.25. The highest BCUT2D eigenvalue weighted by molar-refractivity contribution is 6.08. The lowest BCUT2D eigenvalue weighted by Gasteiger charge is -2.85. The number of aliphatic imine (C=N–C) groups is 1. The van der Waals surface area contributed by atoms with Gasteiger partial charge in [-0.3, -0.25) is 9.69 Å². The van der Waals surface area contributed by atoms with E-state index in [9.17, 15) is 4.79 Å². The van der Waals surface area contributed by atoms with Crippen LogP contribution in [-0.2, 0) is 11.8 Å². The zero-order valence-electron chi connectivity index (χ0n) is 19.1. The summed E-state index contributed by atoms with van der Waals surface area (Å²) >= 11 is 0. The number of nitrogens with zero attached hydrogens (tertiary/aromatic N) is 2. The summed E-state index contributed by atoms with van der Waals surface area (Å²) in [5, 5.41) is 0. The van der Waals surface area contributed by atoms with Crippen molar-refractivity contribution in [2.45, 2.75) is 56.5 Å². The molecule has 7 aliphatic rings. The normalized spacial score (nSPS) is 48.3. The number of rotatable bonds is 2. The number of nitrogens with two attached hydrogens (primary N) is 1. The molecule has 33 heavy (non-hydrogen) atoms. The van der Waals surface area contributed by atoms with Gasteiger partial charge in [-0.25, -0.2) is 4.99 Å². The Morgan fingerprint density at radius 3 is 2.76 bits per heavy atom. The largest absolute Gasteiger partial charge is 0.399 e. The number of likely N-dealkylation sites (tertiary alicyclic amines) is 1. The van der Waals surface area contributed by atoms with Crippen LogP contribution in [0.1, 0.15) is 54.1 Å². The van der Waals surface area contributed by atoms with Crippen molar-refractivity contribution in [3.8, 4) is 0 Å². The van der Waals surface area contributed by atoms with Gasteiger partial charge in [0.25, 0.3) is 5.91 Å². The Morgan fingerprint density at radius 2 is 1.97 bits per heavy atom. The Balaban J connectivity index is 1.25. The first kappa shape index (κ1) is 17.9. The fourth-order valence-electron chi connectivity index (χ4n) is 11.3. The predicted molar refractivity (Wildman–Crippen MR) is 127 cm³/mol. The number of benzene rings is 2. The van der Waals surface area contributed by atoms with Crippen molar-refractivity contribution in [1.29, 1.82) is 0 Å². The summed E-state index contributed by atoms with van der Waals surface area (Å²) in [6.45, 7) is 3.76. The van der Waals surface area contributed by atoms with Crippen molar-refractivity contribution >= 4 is 17.3 Å². The summed E-state index contributed by atoms with van der Waals surface area (Å²) < 4.78 is 0. The zero-order chi connectivity index (χ0) is 22.0. The fourth-order valence-corrected chi connectivity index (χ4v) is 11.3. The summed E-state index contributed by atoms with van der Waals surface area (Å²) in [4.78, 5) is 21.0. The number of hydrogen-bond acceptors (Lipinski definition) is 3. The van der Waals surface area contributed by atoms with Gasteiger partial charge >= 0.3 is 0 Å². The molecule has 2 aromatic rings. The first-order chi connectivity index (χ1) is 16.0. The third-order valence-electron chi connectivity index (χ3n) is 11.6. The summed E-state index contributed by atoms with van der Waals surface area (Å²) in [6.07, 6.45) is 6.29. The van der Waals surface area contributed by atoms with E-state index in [1.165, 1.54) is 49.1 Å². The molecule has 4 heteroatoms. The van der Waals surface area contributed by atoms with Gasteiger partial charge in [0.15, 0.2) is 0 Å². The van der Waals surface area contributed by atoms with Gasteiger partial charge in [-0.15, -0.1) is 0 Å². The molecule has 5 saturated carbocycles. The molecule has 0 aromatic heterocycles. The van der Waals surface area contributed by atoms with Gasteiger partial charge in [-0.2, -0.15) is 0 Å². The molecule has 1 heterocycles. The van der Waals surface area contributed by atoms with Crippen LogP contribution in [0.25, 0.3) is 0 Å². The maximum absolute atomic E-state index is 13.2. The van der Waals surface area contributed by atoms with Crippen LogP contribution in [0.15, 0.2) is 53.5 Å². The highest BCUT2D eigenvalue weighted by Crippen LogP contribution is 3.00. The maximum atomic E-state index is 13.2. The lowest BCUT2D eigenvalue weighted by Crippen LogP contribution is -2.92. The molecule has 7 atom stereocenters. The minimum atomic E-state index is -0.0617. The van der Waals surface area contributed by atoms with E-state index in [4.69, 9.17) is 10.7 Å². The van der Waals surface area contributed by atoms with Crippen molar-refractivity contribution in [3.05, 3.63) is 65.2 Å². The number of nitrogen functional groups attached to an aromatic ring is 1. The SMILES string of the molecule is C[C@@]12CC34C5N(C6CC6)CC56Cc5ccc(N)cc5C63C1C(=NC(=O)c1ccccc1)C[C@H]42. The smallest absolute Gasteiger partial charge is 0.276 e. The standard InChI is InChI=1S/C29H29N3O/c1-26-14-28-22(26)12-21(31-24(33)16-5-3-2-4-6-16)23(26)29(28)20-11-18(30)8-7-17(20)13-27(29)15-32(25(27)28)19-9-10-19/h2-8,11,19,22-23,25H,9-10,12-15,30H2,1H3/t22-,23?,25?,26-,27?,28?,29?/m0/s1. The summed E-state index contributed by atoms with van der Waals surface area (Å²) in [7, 11) is 0. The number of fused-ring (bicyclic) bond motifs is 1. The maximum Gasteiger partial charge on any atom is 0.276 e. The molecule has 5 unspecified atom stereocenters. The predicted octanol–water partition coefficient (Wildman–Crippen LogP) is 4.24. The quantitative estimate of drug-likeness (QED) is 0.718. The number of hydrogen-bond donors (Lipinski definition) is 1. The molecule has 2 N–H and O–H groups in total. The highest BCUT2D eigenvalue weighted by Gasteiger charge is 3.02. The van der Waals surface area contributed by atoms with Crippen molar-refractivity contribution in [2.24, 2.45) is 33.1 Å². The Bertz CT molecular complexity index is 1330. The first-order valence-corrected chi connectivity index (χ1v) is 12.8. The number of amides is 1. The Morgan fingerprint density at radius 1 is 1.15 bits per heavy atom. The average molecular weight is 436 g/mol. The molecule has 1 amide bonds. The van der Waals surface area contributed by atoms with E-state index in [0.717, 1.165) is 24.2 Å². The third kappa shape index (κ3) is 1.52. The van der Waals surface area contributed by atoms with Crippen LogP contribution < -0.4 is 5.73 Å². The Labute approximate surface area is 194 Å². The van der Waals surface area contributed by atoms with Gasteiger partial charge in [-0.1, -0.05) is 31.2 Å². The van der Waals surface area contributed by atoms with Crippen LogP contribution in [0, 0.1) is 28.1 Å². The molecule has 0 radical (unpaired) electrons. The topological polar surface area (TPSA) is 58.7 Å². The van der Waals surface area contributed by atoms with E-state index >= 15 is 0 Å². The van der Waals surface area contributed by atoms with Crippen LogP contribution in [0.5, 0.6) is 0 Å². The lowest BCUT2D eigenvalue weighted by molar-refractivity contribution is -0.336. The molecule has 6 fully saturated rings. The molecule has 1 aliphatic heterocycles. The van der Waals surface area contributed by atoms with Crippen LogP contribution in [0.2, 0.25) is 0 Å². The fraction of sp³-hybridized carbons (Fsp3) is 0.517. The molecule has 1 saturated heterocycles. The molecule has 6 aliphatic carbocycles. The van der Waals surface area contributed by atoms with Gasteiger partial charge in [-0.05, 0) is 78.8 Å². The summed E-state index contributed by atoms with van der Waals surface area (Å²) in [5.74, 6) is 0.987. The average Bonchev–Trinajstić information content (AvgIpc) is 3.49. The third-order valence-corrected chi connectivity index (χ3v) is 11.6. The second kappa shape index (κ2) is 4.98. The van der Waals surface area contributed by atoms with Crippen LogP contribution in [0.4, 0.5) is 5.69 Å². The van der Waals surface area contributed by atoms with E-state index in [1.807, 2.05) is 30.3 Å². The van der Waals surface area contributed by atoms with E-state index in [-0.39, 0.29) is 16.7 Å². The van der Waals surface area contributed by atoms with Gasteiger partial charge in [0.2, 0.25) is 0 Å². The Kier molecular flexibility index (Phi) is 2.71. The van der Waals surface area contributed by atoms with E-state index < -0.39 is 0 Å². The summed E-state index contributed by atoms with van der Waals surface area (Å²) in [6, 6.07) is 17.9. The molecule has 4 bridgehead atoms. The number of anilines is 1. The molecule has 4 nitrogen and oxygen atoms in total. The highest BCUT2D eigenvalue weighted by atomic mass is 16.1. The zero-order valence-corrected chi connectivity index (χ0v) is 19.1. The van der Waals surface area contributed by atoms with Crippen LogP contribution >= 0.6 is 0 Å². The molecular formula is C29H29N3O. The number of carbonyl (C=O) groups excluding carboxylic acids is 1. The molecular weight excluding hydrogens is 406 g/mol. The minimum absolute atomic E-state index is 0.0617. The van der Waals surface area contributed by atoms with Gasteiger partial charge in [0.1, 0.15) is 0 Å². The van der Waals surface area contributed by atoms with Gasteiger partial charge in [0, 0.05) is 57.8 Å². The first-order valence-electron chi connectivity index (χ1n) is 12.8. The van der Waals surface area contributed by atoms with Crippen molar-refractivity contribution in [2.75, 3.05) is 12.3 Å². The second-order valence-electron chi connectivity index (χ2n) is 12.6. The monoisotopic (exact) mass is 435 g/mol. The Hall–Kier alpha value is -2.46. The molecule has 166 valence electrons. The molecule has 9 rings (SSSR count).